The van der Waals surface area contributed by atoms with Gasteiger partial charge in [0.05, 0.1) is 0 Å². The van der Waals surface area contributed by atoms with E-state index in [2.05, 4.69) is 24.5 Å². The van der Waals surface area contributed by atoms with E-state index in [4.69, 9.17) is 4.74 Å². The maximum Gasteiger partial charge on any atom is 0.408 e. The number of phenolic OH excluding ortho intramolecular Hbond substituents is 1. The number of rotatable bonds is 11. The third-order valence-electron chi connectivity index (χ3n) is 6.76. The third-order valence-corrected chi connectivity index (χ3v) is 6.76. The Morgan fingerprint density at radius 2 is 1.79 bits per heavy atom. The van der Waals surface area contributed by atoms with Gasteiger partial charge in [-0.25, -0.2) is 4.79 Å². The average molecular weight is 538 g/mol. The summed E-state index contributed by atoms with van der Waals surface area (Å²) >= 11 is 0. The number of alkyl carbamates (subject to hydrolysis) is 1. The molecule has 0 aromatic heterocycles. The number of nitrogens with one attached hydrogen (secondary N) is 2. The zero-order valence-electron chi connectivity index (χ0n) is 24.0. The van der Waals surface area contributed by atoms with Crippen molar-refractivity contribution >= 4 is 17.9 Å². The van der Waals surface area contributed by atoms with Crippen molar-refractivity contribution in [1.29, 1.82) is 0 Å². The maximum atomic E-state index is 14.4. The number of carbonyl (C=O) groups excluding carboxylic acids is 3. The SMILES string of the molecule is CCCCNC(=O)C(c1cccc(C)c1)N(C(=O)C(Cc1ccc(O)cc1)NC(=O)OC(C)(C)C)C1CC1C. The van der Waals surface area contributed by atoms with Crippen LogP contribution < -0.4 is 10.6 Å². The van der Waals surface area contributed by atoms with Crippen molar-refractivity contribution in [2.45, 2.75) is 91.0 Å². The summed E-state index contributed by atoms with van der Waals surface area (Å²) in [5.41, 5.74) is 1.73. The normalized spacial score (nSPS) is 18.0. The number of carbonyl (C=O) groups is 3. The largest absolute Gasteiger partial charge is 0.508 e. The first-order valence-corrected chi connectivity index (χ1v) is 13.8. The fourth-order valence-electron chi connectivity index (χ4n) is 4.63. The summed E-state index contributed by atoms with van der Waals surface area (Å²) in [4.78, 5) is 42.6. The topological polar surface area (TPSA) is 108 Å². The highest BCUT2D eigenvalue weighted by Crippen LogP contribution is 2.41. The molecule has 2 aromatic rings. The molecule has 0 radical (unpaired) electrons. The molecule has 0 spiro atoms. The monoisotopic (exact) mass is 537 g/mol. The van der Waals surface area contributed by atoms with E-state index in [1.807, 2.05) is 31.2 Å². The molecule has 4 unspecified atom stereocenters. The number of phenols is 1. The lowest BCUT2D eigenvalue weighted by Crippen LogP contribution is -2.54. The lowest BCUT2D eigenvalue weighted by atomic mass is 9.98. The van der Waals surface area contributed by atoms with Crippen LogP contribution in [-0.4, -0.2) is 52.1 Å². The minimum absolute atomic E-state index is 0.110. The van der Waals surface area contributed by atoms with Crippen LogP contribution in [0.3, 0.4) is 0 Å². The molecule has 1 aliphatic carbocycles. The number of amides is 3. The van der Waals surface area contributed by atoms with Crippen LogP contribution in [0, 0.1) is 12.8 Å². The fourth-order valence-corrected chi connectivity index (χ4v) is 4.63. The molecule has 212 valence electrons. The molecule has 0 bridgehead atoms. The van der Waals surface area contributed by atoms with E-state index in [1.54, 1.807) is 49.9 Å². The highest BCUT2D eigenvalue weighted by atomic mass is 16.6. The molecule has 3 N–H and O–H groups in total. The summed E-state index contributed by atoms with van der Waals surface area (Å²) in [7, 11) is 0. The number of benzene rings is 2. The van der Waals surface area contributed by atoms with E-state index < -0.39 is 23.8 Å². The van der Waals surface area contributed by atoms with E-state index >= 15 is 0 Å². The van der Waals surface area contributed by atoms with Crippen LogP contribution in [0.2, 0.25) is 0 Å². The van der Waals surface area contributed by atoms with Crippen LogP contribution in [0.15, 0.2) is 48.5 Å². The van der Waals surface area contributed by atoms with Gasteiger partial charge in [0, 0.05) is 19.0 Å². The maximum absolute atomic E-state index is 14.4. The number of aromatic hydroxyl groups is 1. The molecule has 39 heavy (non-hydrogen) atoms. The Balaban J connectivity index is 2.01. The van der Waals surface area contributed by atoms with Crippen LogP contribution >= 0.6 is 0 Å². The van der Waals surface area contributed by atoms with Gasteiger partial charge in [-0.1, -0.05) is 62.2 Å². The Labute approximate surface area is 232 Å². The first-order chi connectivity index (χ1) is 18.4. The number of ether oxygens (including phenoxy) is 1. The minimum Gasteiger partial charge on any atom is -0.508 e. The van der Waals surface area contributed by atoms with Gasteiger partial charge in [0.25, 0.3) is 0 Å². The highest BCUT2D eigenvalue weighted by molar-refractivity contribution is 5.92. The van der Waals surface area contributed by atoms with Gasteiger partial charge in [-0.2, -0.15) is 0 Å². The molecule has 8 heteroatoms. The second-order valence-corrected chi connectivity index (χ2v) is 11.6. The van der Waals surface area contributed by atoms with Gasteiger partial charge in [-0.05, 0) is 69.7 Å². The van der Waals surface area contributed by atoms with Crippen LogP contribution in [0.1, 0.15) is 76.6 Å². The summed E-state index contributed by atoms with van der Waals surface area (Å²) in [6.45, 7) is 11.9. The standard InChI is InChI=1S/C31H43N3O5/c1-7-8-16-32-28(36)27(23-11-9-10-20(2)17-23)34(26-18-21(26)3)29(37)25(33-30(38)39-31(4,5)6)19-22-12-14-24(35)15-13-22/h9-15,17,21,25-27,35H,7-8,16,18-19H2,1-6H3,(H,32,36)(H,33,38). The highest BCUT2D eigenvalue weighted by Gasteiger charge is 2.48. The fraction of sp³-hybridized carbons (Fsp3) is 0.516. The molecule has 0 heterocycles. The quantitative estimate of drug-likeness (QED) is 0.349. The van der Waals surface area contributed by atoms with Gasteiger partial charge >= 0.3 is 6.09 Å². The van der Waals surface area contributed by atoms with Gasteiger partial charge in [0.15, 0.2) is 0 Å². The number of hydrogen-bond acceptors (Lipinski definition) is 5. The second kappa shape index (κ2) is 13.0. The summed E-state index contributed by atoms with van der Waals surface area (Å²) in [6, 6.07) is 12.2. The molecule has 4 atom stereocenters. The molecule has 2 aromatic carbocycles. The Morgan fingerprint density at radius 1 is 1.13 bits per heavy atom. The Hall–Kier alpha value is -3.55. The average Bonchev–Trinajstić information content (AvgIpc) is 3.57. The van der Waals surface area contributed by atoms with E-state index in [-0.39, 0.29) is 35.9 Å². The predicted molar refractivity (Wildman–Crippen MR) is 151 cm³/mol. The lowest BCUT2D eigenvalue weighted by molar-refractivity contribution is -0.143. The second-order valence-electron chi connectivity index (χ2n) is 11.6. The summed E-state index contributed by atoms with van der Waals surface area (Å²) in [5.74, 6) is -0.249. The summed E-state index contributed by atoms with van der Waals surface area (Å²) < 4.78 is 5.49. The van der Waals surface area contributed by atoms with Gasteiger partial charge < -0.3 is 25.4 Å². The van der Waals surface area contributed by atoms with Crippen molar-refractivity contribution < 1.29 is 24.2 Å². The Kier molecular flexibility index (Phi) is 10.0. The number of unbranched alkanes of at least 4 members (excludes halogenated alkanes) is 1. The van der Waals surface area contributed by atoms with Crippen molar-refractivity contribution in [2.24, 2.45) is 5.92 Å². The van der Waals surface area contributed by atoms with Gasteiger partial charge in [-0.15, -0.1) is 0 Å². The van der Waals surface area contributed by atoms with Crippen molar-refractivity contribution in [1.82, 2.24) is 15.5 Å². The number of nitrogens with zero attached hydrogens (tertiary/aromatic N) is 1. The van der Waals surface area contributed by atoms with Crippen molar-refractivity contribution in [2.75, 3.05) is 6.54 Å². The molecule has 0 aliphatic heterocycles. The molecular weight excluding hydrogens is 494 g/mol. The van der Waals surface area contributed by atoms with Crippen LogP contribution in [0.4, 0.5) is 4.79 Å². The molecule has 1 saturated carbocycles. The van der Waals surface area contributed by atoms with Crippen molar-refractivity contribution in [3.63, 3.8) is 0 Å². The van der Waals surface area contributed by atoms with Crippen LogP contribution in [0.25, 0.3) is 0 Å². The molecule has 3 rings (SSSR count). The number of hydrogen-bond donors (Lipinski definition) is 3. The minimum atomic E-state index is -0.979. The summed E-state index contributed by atoms with van der Waals surface area (Å²) in [6.07, 6.45) is 2.02. The molecule has 0 saturated heterocycles. The lowest BCUT2D eigenvalue weighted by Gasteiger charge is -2.35. The number of aryl methyl sites for hydroxylation is 1. The van der Waals surface area contributed by atoms with E-state index in [0.717, 1.165) is 36.0 Å². The molecule has 1 fully saturated rings. The molecule has 8 nitrogen and oxygen atoms in total. The van der Waals surface area contributed by atoms with Gasteiger partial charge in [0.1, 0.15) is 23.4 Å². The predicted octanol–water partition coefficient (Wildman–Crippen LogP) is 5.03. The van der Waals surface area contributed by atoms with Gasteiger partial charge in [-0.3, -0.25) is 9.59 Å². The zero-order chi connectivity index (χ0) is 28.7. The van der Waals surface area contributed by atoms with Crippen LogP contribution in [0.5, 0.6) is 5.75 Å². The van der Waals surface area contributed by atoms with E-state index in [0.29, 0.717) is 6.54 Å². The smallest absolute Gasteiger partial charge is 0.408 e. The zero-order valence-corrected chi connectivity index (χ0v) is 24.0. The first kappa shape index (κ1) is 30.0. The first-order valence-electron chi connectivity index (χ1n) is 13.8. The Bertz CT molecular complexity index is 1140. The van der Waals surface area contributed by atoms with Gasteiger partial charge in [0.2, 0.25) is 11.8 Å². The Morgan fingerprint density at radius 3 is 2.36 bits per heavy atom. The third kappa shape index (κ3) is 8.73. The molecular formula is C31H43N3O5. The van der Waals surface area contributed by atoms with E-state index in [9.17, 15) is 19.5 Å². The van der Waals surface area contributed by atoms with Crippen molar-refractivity contribution in [3.8, 4) is 5.75 Å². The van der Waals surface area contributed by atoms with E-state index in [1.165, 1.54) is 0 Å². The molecule has 1 aliphatic rings. The molecule has 3 amide bonds. The summed E-state index contributed by atoms with van der Waals surface area (Å²) in [5, 5.41) is 15.5. The van der Waals surface area contributed by atoms with Crippen molar-refractivity contribution in [3.05, 3.63) is 65.2 Å². The van der Waals surface area contributed by atoms with Crippen LogP contribution in [-0.2, 0) is 20.7 Å².